The maximum atomic E-state index is 9.36. The quantitative estimate of drug-likeness (QED) is 0.595. The van der Waals surface area contributed by atoms with E-state index in [-0.39, 0.29) is 5.75 Å². The second-order valence-corrected chi connectivity index (χ2v) is 3.37. The first-order valence-corrected chi connectivity index (χ1v) is 5.17. The van der Waals surface area contributed by atoms with E-state index in [1.165, 1.54) is 7.11 Å². The van der Waals surface area contributed by atoms with Crippen LogP contribution in [-0.2, 0) is 4.84 Å². The van der Waals surface area contributed by atoms with E-state index in [4.69, 9.17) is 4.84 Å². The molecule has 1 aromatic rings. The van der Waals surface area contributed by atoms with Crippen molar-refractivity contribution in [2.75, 3.05) is 7.11 Å². The number of phenolic OH excluding ortho intramolecular Hbond substituents is 1. The van der Waals surface area contributed by atoms with Crippen molar-refractivity contribution in [1.29, 1.82) is 0 Å². The van der Waals surface area contributed by atoms with Gasteiger partial charge in [-0.3, -0.25) is 0 Å². The highest BCUT2D eigenvalue weighted by Crippen LogP contribution is 2.14. The molecule has 1 rings (SSSR count). The molecule has 1 N–H and O–H groups in total. The van der Waals surface area contributed by atoms with Crippen molar-refractivity contribution >= 4 is 5.71 Å². The molecule has 0 bridgehead atoms. The number of unbranched alkanes of at least 4 members (excludes halogenated alkanes) is 1. The molecule has 0 unspecified atom stereocenters. The van der Waals surface area contributed by atoms with E-state index in [1.807, 2.05) is 12.1 Å². The van der Waals surface area contributed by atoms with Gasteiger partial charge in [-0.25, -0.2) is 0 Å². The molecule has 0 fully saturated rings. The van der Waals surface area contributed by atoms with Crippen molar-refractivity contribution in [2.24, 2.45) is 5.16 Å². The summed E-state index contributed by atoms with van der Waals surface area (Å²) in [5, 5.41) is 13.3. The Morgan fingerprint density at radius 3 is 2.87 bits per heavy atom. The summed E-state index contributed by atoms with van der Waals surface area (Å²) < 4.78 is 0. The van der Waals surface area contributed by atoms with Gasteiger partial charge in [0, 0.05) is 5.56 Å². The molecule has 0 saturated carbocycles. The molecule has 3 heteroatoms. The Bertz CT molecular complexity index is 334. The van der Waals surface area contributed by atoms with Gasteiger partial charge in [0.05, 0.1) is 5.71 Å². The molecule has 0 aliphatic heterocycles. The third-order valence-corrected chi connectivity index (χ3v) is 2.15. The summed E-state index contributed by atoms with van der Waals surface area (Å²) in [6.07, 6.45) is 3.05. The molecular formula is C12H17NO2. The van der Waals surface area contributed by atoms with Gasteiger partial charge in [-0.2, -0.15) is 0 Å². The van der Waals surface area contributed by atoms with Crippen LogP contribution in [0.5, 0.6) is 5.75 Å². The van der Waals surface area contributed by atoms with Crippen molar-refractivity contribution in [2.45, 2.75) is 26.2 Å². The summed E-state index contributed by atoms with van der Waals surface area (Å²) >= 11 is 0. The maximum absolute atomic E-state index is 9.36. The predicted molar refractivity (Wildman–Crippen MR) is 61.2 cm³/mol. The summed E-state index contributed by atoms with van der Waals surface area (Å²) in [7, 11) is 1.54. The monoisotopic (exact) mass is 207 g/mol. The first kappa shape index (κ1) is 11.6. The minimum absolute atomic E-state index is 0.257. The van der Waals surface area contributed by atoms with Gasteiger partial charge < -0.3 is 9.94 Å². The van der Waals surface area contributed by atoms with E-state index < -0.39 is 0 Å². The minimum Gasteiger partial charge on any atom is -0.508 e. The number of oxime groups is 1. The molecular weight excluding hydrogens is 190 g/mol. The molecule has 82 valence electrons. The third-order valence-electron chi connectivity index (χ3n) is 2.15. The average molecular weight is 207 g/mol. The molecule has 3 nitrogen and oxygen atoms in total. The topological polar surface area (TPSA) is 41.8 Å². The molecule has 0 atom stereocenters. The summed E-state index contributed by atoms with van der Waals surface area (Å²) in [5.74, 6) is 0.257. The van der Waals surface area contributed by atoms with Crippen molar-refractivity contribution in [3.8, 4) is 5.75 Å². The Kier molecular flexibility index (Phi) is 4.68. The SMILES string of the molecule is CCCCC(=NOC)c1cccc(O)c1. The van der Waals surface area contributed by atoms with Crippen LogP contribution < -0.4 is 0 Å². The highest BCUT2D eigenvalue weighted by atomic mass is 16.6. The fourth-order valence-electron chi connectivity index (χ4n) is 1.38. The van der Waals surface area contributed by atoms with Crippen molar-refractivity contribution in [3.05, 3.63) is 29.8 Å². The lowest BCUT2D eigenvalue weighted by molar-refractivity contribution is 0.212. The second-order valence-electron chi connectivity index (χ2n) is 3.37. The molecule has 0 radical (unpaired) electrons. The molecule has 0 heterocycles. The zero-order valence-electron chi connectivity index (χ0n) is 9.23. The van der Waals surface area contributed by atoms with Gasteiger partial charge >= 0.3 is 0 Å². The van der Waals surface area contributed by atoms with E-state index in [0.717, 1.165) is 30.5 Å². The van der Waals surface area contributed by atoms with E-state index in [1.54, 1.807) is 12.1 Å². The number of rotatable bonds is 5. The van der Waals surface area contributed by atoms with Gasteiger partial charge in [-0.1, -0.05) is 30.6 Å². The summed E-state index contributed by atoms with van der Waals surface area (Å²) in [6.45, 7) is 2.13. The van der Waals surface area contributed by atoms with E-state index >= 15 is 0 Å². The summed E-state index contributed by atoms with van der Waals surface area (Å²) in [4.78, 5) is 4.80. The number of hydrogen-bond acceptors (Lipinski definition) is 3. The molecule has 0 amide bonds. The lowest BCUT2D eigenvalue weighted by Crippen LogP contribution is -2.01. The van der Waals surface area contributed by atoms with Crippen LogP contribution >= 0.6 is 0 Å². The van der Waals surface area contributed by atoms with Gasteiger partial charge in [-0.15, -0.1) is 0 Å². The smallest absolute Gasteiger partial charge is 0.116 e. The van der Waals surface area contributed by atoms with Crippen LogP contribution in [0.15, 0.2) is 29.4 Å². The first-order valence-electron chi connectivity index (χ1n) is 5.17. The highest BCUT2D eigenvalue weighted by molar-refractivity contribution is 6.00. The van der Waals surface area contributed by atoms with Gasteiger partial charge in [0.15, 0.2) is 0 Å². The van der Waals surface area contributed by atoms with Crippen LogP contribution in [0.1, 0.15) is 31.7 Å². The Morgan fingerprint density at radius 2 is 2.27 bits per heavy atom. The van der Waals surface area contributed by atoms with Gasteiger partial charge in [0.25, 0.3) is 0 Å². The van der Waals surface area contributed by atoms with Crippen molar-refractivity contribution in [1.82, 2.24) is 0 Å². The standard InChI is InChI=1S/C12H17NO2/c1-3-4-8-12(13-15-2)10-6-5-7-11(14)9-10/h5-7,9,14H,3-4,8H2,1-2H3. The Labute approximate surface area is 90.4 Å². The highest BCUT2D eigenvalue weighted by Gasteiger charge is 2.04. The van der Waals surface area contributed by atoms with E-state index in [0.29, 0.717) is 0 Å². The summed E-state index contributed by atoms with van der Waals surface area (Å²) in [6, 6.07) is 7.08. The fraction of sp³-hybridized carbons (Fsp3) is 0.417. The zero-order valence-corrected chi connectivity index (χ0v) is 9.23. The van der Waals surface area contributed by atoms with Crippen LogP contribution in [-0.4, -0.2) is 17.9 Å². The fourth-order valence-corrected chi connectivity index (χ4v) is 1.38. The van der Waals surface area contributed by atoms with Crippen LogP contribution in [0, 0.1) is 0 Å². The second kappa shape index (κ2) is 6.06. The predicted octanol–water partition coefficient (Wildman–Crippen LogP) is 2.93. The minimum atomic E-state index is 0.257. The summed E-state index contributed by atoms with van der Waals surface area (Å²) in [5.41, 5.74) is 1.81. The van der Waals surface area contributed by atoms with Crippen LogP contribution in [0.25, 0.3) is 0 Å². The average Bonchev–Trinajstić information content (AvgIpc) is 2.24. The maximum Gasteiger partial charge on any atom is 0.116 e. The van der Waals surface area contributed by atoms with Gasteiger partial charge in [0.1, 0.15) is 12.9 Å². The van der Waals surface area contributed by atoms with Gasteiger partial charge in [-0.05, 0) is 25.0 Å². The van der Waals surface area contributed by atoms with Gasteiger partial charge in [0.2, 0.25) is 0 Å². The number of hydrogen-bond donors (Lipinski definition) is 1. The molecule has 0 aromatic heterocycles. The number of phenols is 1. The molecule has 0 saturated heterocycles. The Morgan fingerprint density at radius 1 is 1.47 bits per heavy atom. The van der Waals surface area contributed by atoms with Crippen LogP contribution in [0.2, 0.25) is 0 Å². The van der Waals surface area contributed by atoms with Crippen molar-refractivity contribution in [3.63, 3.8) is 0 Å². The number of aromatic hydroxyl groups is 1. The Hall–Kier alpha value is -1.51. The third kappa shape index (κ3) is 3.62. The molecule has 0 aliphatic rings. The van der Waals surface area contributed by atoms with E-state index in [2.05, 4.69) is 12.1 Å². The first-order chi connectivity index (χ1) is 7.27. The lowest BCUT2D eigenvalue weighted by atomic mass is 10.0. The van der Waals surface area contributed by atoms with Crippen molar-refractivity contribution < 1.29 is 9.94 Å². The molecule has 0 aliphatic carbocycles. The number of benzene rings is 1. The van der Waals surface area contributed by atoms with Crippen LogP contribution in [0.3, 0.4) is 0 Å². The molecule has 1 aromatic carbocycles. The molecule has 0 spiro atoms. The van der Waals surface area contributed by atoms with E-state index in [9.17, 15) is 5.11 Å². The van der Waals surface area contributed by atoms with Crippen LogP contribution in [0.4, 0.5) is 0 Å². The normalized spacial score (nSPS) is 11.5. The zero-order chi connectivity index (χ0) is 11.1. The lowest BCUT2D eigenvalue weighted by Gasteiger charge is -2.05. The molecule has 15 heavy (non-hydrogen) atoms. The number of nitrogens with zero attached hydrogens (tertiary/aromatic N) is 1. The Balaban J connectivity index is 2.84. The largest absolute Gasteiger partial charge is 0.508 e.